The summed E-state index contributed by atoms with van der Waals surface area (Å²) < 4.78 is 49.8. The van der Waals surface area contributed by atoms with Crippen LogP contribution in [0.2, 0.25) is 5.02 Å². The van der Waals surface area contributed by atoms with E-state index in [1.807, 2.05) is 17.0 Å². The molecule has 0 saturated carbocycles. The minimum Gasteiger partial charge on any atom is -0.492 e. The summed E-state index contributed by atoms with van der Waals surface area (Å²) in [5.74, 6) is -0.235. The number of hydrogen-bond acceptors (Lipinski definition) is 8. The molecule has 0 radical (unpaired) electrons. The maximum Gasteiger partial charge on any atom is 0.417 e. The number of fused-ring (bicyclic) bond motifs is 1. The number of thiazole rings is 1. The number of benzene rings is 1. The van der Waals surface area contributed by atoms with E-state index >= 15 is 0 Å². The Bertz CT molecular complexity index is 1400. The molecular weight excluding hydrogens is 531 g/mol. The second-order valence-corrected chi connectivity index (χ2v) is 9.33. The summed E-state index contributed by atoms with van der Waals surface area (Å²) in [5, 5.41) is 19.0. The van der Waals surface area contributed by atoms with Gasteiger partial charge >= 0.3 is 6.18 Å². The van der Waals surface area contributed by atoms with Crippen molar-refractivity contribution in [3.8, 4) is 5.88 Å². The van der Waals surface area contributed by atoms with Gasteiger partial charge in [-0.2, -0.15) is 23.3 Å². The maximum absolute atomic E-state index is 13.1. The van der Waals surface area contributed by atoms with Crippen molar-refractivity contribution < 1.29 is 27.8 Å². The summed E-state index contributed by atoms with van der Waals surface area (Å²) >= 11 is 7.43. The molecule has 0 fully saturated rings. The number of aromatic hydroxyl groups is 1. The number of anilines is 1. The zero-order valence-corrected chi connectivity index (χ0v) is 21.4. The van der Waals surface area contributed by atoms with Crippen molar-refractivity contribution in [1.82, 2.24) is 20.2 Å². The van der Waals surface area contributed by atoms with Crippen LogP contribution in [0, 0.1) is 0 Å². The molecule has 0 spiro atoms. The van der Waals surface area contributed by atoms with Crippen LogP contribution >= 0.6 is 22.9 Å². The Balaban J connectivity index is 1.83. The normalized spacial score (nSPS) is 12.4. The highest BCUT2D eigenvalue weighted by molar-refractivity contribution is 7.17. The number of aromatic amines is 1. The first-order valence-electron chi connectivity index (χ1n) is 11.0. The van der Waals surface area contributed by atoms with Crippen LogP contribution in [-0.2, 0) is 15.7 Å². The van der Waals surface area contributed by atoms with E-state index in [4.69, 9.17) is 21.1 Å². The highest BCUT2D eigenvalue weighted by atomic mass is 35.5. The Kier molecular flexibility index (Phi) is 8.32. The quantitative estimate of drug-likeness (QED) is 0.268. The Labute approximate surface area is 219 Å². The fraction of sp³-hybridized carbons (Fsp3) is 0.292. The fourth-order valence-corrected chi connectivity index (χ4v) is 4.83. The summed E-state index contributed by atoms with van der Waals surface area (Å²) in [6.07, 6.45) is -0.666. The lowest BCUT2D eigenvalue weighted by Gasteiger charge is -2.20. The van der Waals surface area contributed by atoms with Gasteiger partial charge in [-0.15, -0.1) is 0 Å². The van der Waals surface area contributed by atoms with Crippen LogP contribution in [0.3, 0.4) is 0 Å². The van der Waals surface area contributed by atoms with E-state index in [0.717, 1.165) is 23.2 Å². The smallest absolute Gasteiger partial charge is 0.417 e. The Hall–Kier alpha value is -3.19. The van der Waals surface area contributed by atoms with Crippen molar-refractivity contribution in [2.45, 2.75) is 6.18 Å². The zero-order chi connectivity index (χ0) is 26.6. The first-order chi connectivity index (χ1) is 17.7. The van der Waals surface area contributed by atoms with E-state index in [1.165, 1.54) is 17.4 Å². The monoisotopic (exact) mass is 553 g/mol. The van der Waals surface area contributed by atoms with E-state index in [0.29, 0.717) is 47.4 Å². The van der Waals surface area contributed by atoms with Gasteiger partial charge in [-0.05, 0) is 29.8 Å². The lowest BCUT2D eigenvalue weighted by atomic mass is 10.0. The van der Waals surface area contributed by atoms with Crippen LogP contribution in [-0.4, -0.2) is 65.8 Å². The van der Waals surface area contributed by atoms with E-state index in [2.05, 4.69) is 20.2 Å². The molecule has 3 aromatic heterocycles. The molecule has 0 aliphatic carbocycles. The van der Waals surface area contributed by atoms with Gasteiger partial charge in [0.05, 0.1) is 41.2 Å². The number of nitrogens with one attached hydrogen (secondary N) is 1. The van der Waals surface area contributed by atoms with Crippen LogP contribution in [0.25, 0.3) is 22.6 Å². The van der Waals surface area contributed by atoms with Gasteiger partial charge in [0, 0.05) is 44.5 Å². The molecule has 3 heterocycles. The highest BCUT2D eigenvalue weighted by Crippen LogP contribution is 2.41. The Morgan fingerprint density at radius 3 is 2.54 bits per heavy atom. The van der Waals surface area contributed by atoms with E-state index in [1.54, 1.807) is 26.5 Å². The van der Waals surface area contributed by atoms with Crippen molar-refractivity contribution in [1.29, 1.82) is 0 Å². The number of aromatic nitrogens is 4. The van der Waals surface area contributed by atoms with Gasteiger partial charge in [0.2, 0.25) is 5.88 Å². The number of pyridine rings is 1. The van der Waals surface area contributed by atoms with Crippen LogP contribution in [0.4, 0.5) is 18.3 Å². The molecule has 0 atom stereocenters. The molecule has 13 heteroatoms. The molecule has 2 N–H and O–H groups in total. The number of halogens is 4. The Morgan fingerprint density at radius 1 is 1.16 bits per heavy atom. The fourth-order valence-electron chi connectivity index (χ4n) is 3.55. The average Bonchev–Trinajstić information content (AvgIpc) is 3.49. The van der Waals surface area contributed by atoms with E-state index < -0.39 is 11.7 Å². The molecule has 0 saturated heterocycles. The molecule has 0 amide bonds. The number of hydrogen-bond donors (Lipinski definition) is 2. The zero-order valence-electron chi connectivity index (χ0n) is 19.8. The lowest BCUT2D eigenvalue weighted by Crippen LogP contribution is -2.30. The standard InChI is InChI=1S/C24H23ClF3N5O3S/c1-35-7-5-33(6-8-36-2)23-31-22(34)21(37-23)17(14-3-4-19-15(9-14)12-30-32-19)11-20-18(25)10-16(13-29-20)24(26,27)28/h3-4,9-13,34H,5-8H2,1-2H3,(H,30,32). The largest absolute Gasteiger partial charge is 0.492 e. The molecule has 4 aromatic rings. The highest BCUT2D eigenvalue weighted by Gasteiger charge is 2.31. The summed E-state index contributed by atoms with van der Waals surface area (Å²) in [4.78, 5) is 10.6. The van der Waals surface area contributed by atoms with Crippen molar-refractivity contribution in [2.75, 3.05) is 45.4 Å². The van der Waals surface area contributed by atoms with Crippen molar-refractivity contribution in [2.24, 2.45) is 0 Å². The van der Waals surface area contributed by atoms with Gasteiger partial charge < -0.3 is 19.5 Å². The van der Waals surface area contributed by atoms with Gasteiger partial charge in [0.15, 0.2) is 5.13 Å². The third-order valence-corrected chi connectivity index (χ3v) is 6.91. The SMILES string of the molecule is COCCN(CCOC)c1nc(O)c(C(=Cc2ncc(C(F)(F)F)cc2Cl)c2ccc3[nH]ncc3c2)s1. The molecule has 0 aliphatic heterocycles. The first-order valence-corrected chi connectivity index (χ1v) is 12.2. The maximum atomic E-state index is 13.1. The summed E-state index contributed by atoms with van der Waals surface area (Å²) in [6, 6.07) is 6.29. The van der Waals surface area contributed by atoms with Crippen molar-refractivity contribution in [3.63, 3.8) is 0 Å². The number of ether oxygens (including phenoxy) is 2. The van der Waals surface area contributed by atoms with Crippen LogP contribution < -0.4 is 4.90 Å². The number of H-pyrrole nitrogens is 1. The summed E-state index contributed by atoms with van der Waals surface area (Å²) in [6.45, 7) is 1.89. The molecule has 4 rings (SSSR count). The van der Waals surface area contributed by atoms with Crippen molar-refractivity contribution >= 4 is 50.6 Å². The third-order valence-electron chi connectivity index (χ3n) is 5.47. The molecular formula is C24H23ClF3N5O3S. The minimum absolute atomic E-state index is 0.113. The molecule has 0 unspecified atom stereocenters. The lowest BCUT2D eigenvalue weighted by molar-refractivity contribution is -0.137. The third kappa shape index (κ3) is 6.21. The van der Waals surface area contributed by atoms with Gasteiger partial charge in [-0.25, -0.2) is 0 Å². The van der Waals surface area contributed by atoms with Crippen LogP contribution in [0.5, 0.6) is 5.88 Å². The molecule has 8 nitrogen and oxygen atoms in total. The van der Waals surface area contributed by atoms with Gasteiger partial charge in [0.1, 0.15) is 4.88 Å². The molecule has 1 aromatic carbocycles. The predicted octanol–water partition coefficient (Wildman–Crippen LogP) is 5.48. The van der Waals surface area contributed by atoms with Gasteiger partial charge in [0.25, 0.3) is 0 Å². The average molecular weight is 554 g/mol. The van der Waals surface area contributed by atoms with Crippen LogP contribution in [0.1, 0.15) is 21.7 Å². The van der Waals surface area contributed by atoms with Gasteiger partial charge in [-0.3, -0.25) is 10.1 Å². The summed E-state index contributed by atoms with van der Waals surface area (Å²) in [5.41, 5.74) is 1.11. The molecule has 0 bridgehead atoms. The first kappa shape index (κ1) is 26.9. The Morgan fingerprint density at radius 2 is 1.89 bits per heavy atom. The summed E-state index contributed by atoms with van der Waals surface area (Å²) in [7, 11) is 3.18. The van der Waals surface area contributed by atoms with Crippen molar-refractivity contribution in [3.05, 3.63) is 63.4 Å². The second kappa shape index (κ2) is 11.5. The number of nitrogens with zero attached hydrogens (tertiary/aromatic N) is 4. The number of alkyl halides is 3. The van der Waals surface area contributed by atoms with Gasteiger partial charge in [-0.1, -0.05) is 29.0 Å². The topological polar surface area (TPSA) is 96.4 Å². The predicted molar refractivity (Wildman–Crippen MR) is 137 cm³/mol. The molecule has 37 heavy (non-hydrogen) atoms. The van der Waals surface area contributed by atoms with Crippen LogP contribution in [0.15, 0.2) is 36.7 Å². The molecule has 0 aliphatic rings. The number of methoxy groups -OCH3 is 2. The second-order valence-electron chi connectivity index (χ2n) is 7.94. The minimum atomic E-state index is -4.58. The molecule has 196 valence electrons. The van der Waals surface area contributed by atoms with E-state index in [9.17, 15) is 18.3 Å². The van der Waals surface area contributed by atoms with E-state index in [-0.39, 0.29) is 16.6 Å². The number of rotatable bonds is 10.